The zero-order valence-electron chi connectivity index (χ0n) is 8.39. The van der Waals surface area contributed by atoms with E-state index in [0.717, 1.165) is 28.1 Å². The minimum absolute atomic E-state index is 0.808. The summed E-state index contributed by atoms with van der Waals surface area (Å²) in [6.07, 6.45) is 4.60. The predicted molar refractivity (Wildman–Crippen MR) is 69.2 cm³/mol. The number of piperidine rings is 1. The summed E-state index contributed by atoms with van der Waals surface area (Å²) in [5.41, 5.74) is 2.55. The van der Waals surface area contributed by atoms with E-state index in [2.05, 4.69) is 27.3 Å². The Kier molecular flexibility index (Phi) is 3.84. The van der Waals surface area contributed by atoms with Crippen molar-refractivity contribution >= 4 is 33.6 Å². The Hall–Kier alpha value is -0.310. The molecule has 1 aromatic carbocycles. The standard InChI is InChI=1S/C12H13BrClN/c13-11-4-3-10(12(14)7-11)6-9-2-1-5-15-8-9/h3-4,6-7,15H,1-2,5,8H2/b9-6-. The highest BCUT2D eigenvalue weighted by Crippen LogP contribution is 2.24. The van der Waals surface area contributed by atoms with Crippen molar-refractivity contribution in [2.45, 2.75) is 12.8 Å². The van der Waals surface area contributed by atoms with Crippen LogP contribution in [0, 0.1) is 0 Å². The highest BCUT2D eigenvalue weighted by Gasteiger charge is 2.05. The predicted octanol–water partition coefficient (Wildman–Crippen LogP) is 3.87. The molecule has 2 rings (SSSR count). The van der Waals surface area contributed by atoms with Crippen LogP contribution in [-0.4, -0.2) is 13.1 Å². The first-order chi connectivity index (χ1) is 7.25. The molecule has 0 saturated carbocycles. The van der Waals surface area contributed by atoms with Crippen LogP contribution < -0.4 is 5.32 Å². The zero-order chi connectivity index (χ0) is 10.7. The Morgan fingerprint density at radius 2 is 2.27 bits per heavy atom. The van der Waals surface area contributed by atoms with Gasteiger partial charge in [0.05, 0.1) is 0 Å². The normalized spacial score (nSPS) is 19.5. The van der Waals surface area contributed by atoms with Gasteiger partial charge in [0, 0.05) is 16.0 Å². The molecule has 15 heavy (non-hydrogen) atoms. The van der Waals surface area contributed by atoms with Crippen LogP contribution in [-0.2, 0) is 0 Å². The Labute approximate surface area is 104 Å². The molecule has 1 heterocycles. The van der Waals surface area contributed by atoms with Crippen molar-refractivity contribution < 1.29 is 0 Å². The molecule has 80 valence electrons. The third-order valence-electron chi connectivity index (χ3n) is 2.53. The maximum absolute atomic E-state index is 6.15. The van der Waals surface area contributed by atoms with Crippen molar-refractivity contribution in [2.24, 2.45) is 0 Å². The van der Waals surface area contributed by atoms with Crippen LogP contribution in [0.2, 0.25) is 5.02 Å². The summed E-state index contributed by atoms with van der Waals surface area (Å²) in [7, 11) is 0. The van der Waals surface area contributed by atoms with Crippen LogP contribution >= 0.6 is 27.5 Å². The van der Waals surface area contributed by atoms with Crippen molar-refractivity contribution in [1.29, 1.82) is 0 Å². The van der Waals surface area contributed by atoms with E-state index in [9.17, 15) is 0 Å². The minimum atomic E-state index is 0.808. The van der Waals surface area contributed by atoms with Crippen LogP contribution in [0.1, 0.15) is 18.4 Å². The van der Waals surface area contributed by atoms with E-state index in [1.807, 2.05) is 18.2 Å². The van der Waals surface area contributed by atoms with Crippen molar-refractivity contribution in [3.63, 3.8) is 0 Å². The fraction of sp³-hybridized carbons (Fsp3) is 0.333. The van der Waals surface area contributed by atoms with Gasteiger partial charge in [-0.15, -0.1) is 0 Å². The van der Waals surface area contributed by atoms with E-state index in [1.165, 1.54) is 18.4 Å². The van der Waals surface area contributed by atoms with Crippen molar-refractivity contribution in [2.75, 3.05) is 13.1 Å². The fourth-order valence-corrected chi connectivity index (χ4v) is 2.47. The summed E-state index contributed by atoms with van der Waals surface area (Å²) >= 11 is 9.56. The fourth-order valence-electron chi connectivity index (χ4n) is 1.74. The van der Waals surface area contributed by atoms with Crippen LogP contribution in [0.4, 0.5) is 0 Å². The van der Waals surface area contributed by atoms with Crippen molar-refractivity contribution in [1.82, 2.24) is 5.32 Å². The number of rotatable bonds is 1. The van der Waals surface area contributed by atoms with Gasteiger partial charge in [0.15, 0.2) is 0 Å². The molecule has 0 amide bonds. The monoisotopic (exact) mass is 285 g/mol. The van der Waals surface area contributed by atoms with Gasteiger partial charge in [0.25, 0.3) is 0 Å². The lowest BCUT2D eigenvalue weighted by molar-refractivity contribution is 0.613. The van der Waals surface area contributed by atoms with E-state index in [4.69, 9.17) is 11.6 Å². The van der Waals surface area contributed by atoms with E-state index < -0.39 is 0 Å². The van der Waals surface area contributed by atoms with Gasteiger partial charge in [-0.1, -0.05) is 45.2 Å². The summed E-state index contributed by atoms with van der Waals surface area (Å²) in [5.74, 6) is 0. The lowest BCUT2D eigenvalue weighted by Crippen LogP contribution is -2.23. The lowest BCUT2D eigenvalue weighted by atomic mass is 10.0. The van der Waals surface area contributed by atoms with Gasteiger partial charge in [-0.2, -0.15) is 0 Å². The van der Waals surface area contributed by atoms with E-state index >= 15 is 0 Å². The summed E-state index contributed by atoms with van der Waals surface area (Å²) in [5, 5.41) is 4.17. The van der Waals surface area contributed by atoms with Crippen molar-refractivity contribution in [3.8, 4) is 0 Å². The van der Waals surface area contributed by atoms with Gasteiger partial charge in [0.1, 0.15) is 0 Å². The highest BCUT2D eigenvalue weighted by molar-refractivity contribution is 9.10. The van der Waals surface area contributed by atoms with Crippen molar-refractivity contribution in [3.05, 3.63) is 38.8 Å². The van der Waals surface area contributed by atoms with Gasteiger partial charge in [-0.05, 0) is 37.1 Å². The first-order valence-electron chi connectivity index (χ1n) is 5.11. The average molecular weight is 287 g/mol. The van der Waals surface area contributed by atoms with Crippen LogP contribution in [0.25, 0.3) is 6.08 Å². The van der Waals surface area contributed by atoms with Crippen LogP contribution in [0.15, 0.2) is 28.2 Å². The largest absolute Gasteiger partial charge is 0.313 e. The van der Waals surface area contributed by atoms with Gasteiger partial charge >= 0.3 is 0 Å². The molecule has 1 nitrogen and oxygen atoms in total. The van der Waals surface area contributed by atoms with Gasteiger partial charge < -0.3 is 5.32 Å². The molecule has 1 N–H and O–H groups in total. The minimum Gasteiger partial charge on any atom is -0.313 e. The molecule has 1 fully saturated rings. The third-order valence-corrected chi connectivity index (χ3v) is 3.35. The molecule has 1 saturated heterocycles. The number of hydrogen-bond acceptors (Lipinski definition) is 1. The Morgan fingerprint density at radius 3 is 2.93 bits per heavy atom. The SMILES string of the molecule is Clc1cc(Br)ccc1/C=C1/CCCNC1. The topological polar surface area (TPSA) is 12.0 Å². The first-order valence-corrected chi connectivity index (χ1v) is 6.28. The van der Waals surface area contributed by atoms with Gasteiger partial charge in [-0.25, -0.2) is 0 Å². The quantitative estimate of drug-likeness (QED) is 0.826. The van der Waals surface area contributed by atoms with E-state index in [1.54, 1.807) is 0 Å². The number of hydrogen-bond donors (Lipinski definition) is 1. The Balaban J connectivity index is 2.22. The summed E-state index contributed by atoms with van der Waals surface area (Å²) < 4.78 is 1.02. The molecule has 0 unspecified atom stereocenters. The van der Waals surface area contributed by atoms with Gasteiger partial charge in [0.2, 0.25) is 0 Å². The number of nitrogens with one attached hydrogen (secondary N) is 1. The average Bonchev–Trinajstić information content (AvgIpc) is 2.24. The van der Waals surface area contributed by atoms with Gasteiger partial charge in [-0.3, -0.25) is 0 Å². The zero-order valence-corrected chi connectivity index (χ0v) is 10.7. The molecule has 0 radical (unpaired) electrons. The molecule has 0 bridgehead atoms. The molecule has 1 aromatic rings. The van der Waals surface area contributed by atoms with E-state index in [-0.39, 0.29) is 0 Å². The molecule has 0 aromatic heterocycles. The number of benzene rings is 1. The molecule has 0 spiro atoms. The maximum Gasteiger partial charge on any atom is 0.0489 e. The van der Waals surface area contributed by atoms with Crippen LogP contribution in [0.3, 0.4) is 0 Å². The highest BCUT2D eigenvalue weighted by atomic mass is 79.9. The van der Waals surface area contributed by atoms with Crippen LogP contribution in [0.5, 0.6) is 0 Å². The Morgan fingerprint density at radius 1 is 1.40 bits per heavy atom. The third kappa shape index (κ3) is 3.07. The second kappa shape index (κ2) is 5.15. The lowest BCUT2D eigenvalue weighted by Gasteiger charge is -2.15. The Bertz CT molecular complexity index is 379. The molecule has 1 aliphatic rings. The van der Waals surface area contributed by atoms with E-state index in [0.29, 0.717) is 0 Å². The summed E-state index contributed by atoms with van der Waals surface area (Å²) in [6.45, 7) is 2.12. The first kappa shape index (κ1) is 11.2. The second-order valence-electron chi connectivity index (χ2n) is 3.75. The molecular formula is C12H13BrClN. The summed E-state index contributed by atoms with van der Waals surface area (Å²) in [6, 6.07) is 6.01. The second-order valence-corrected chi connectivity index (χ2v) is 5.07. The molecule has 0 aliphatic carbocycles. The molecule has 1 aliphatic heterocycles. The maximum atomic E-state index is 6.15. The smallest absolute Gasteiger partial charge is 0.0489 e. The molecular weight excluding hydrogens is 273 g/mol. The molecule has 3 heteroatoms. The molecule has 0 atom stereocenters. The summed E-state index contributed by atoms with van der Waals surface area (Å²) in [4.78, 5) is 0. The number of halogens is 2.